The molecular formula is C28H37NO4. The number of fused-ring (bicyclic) bond motifs is 1. The Morgan fingerprint density at radius 3 is 2.33 bits per heavy atom. The van der Waals surface area contributed by atoms with E-state index in [1.54, 1.807) is 14.2 Å². The highest BCUT2D eigenvalue weighted by Crippen LogP contribution is 2.55. The Bertz CT molecular complexity index is 925. The summed E-state index contributed by atoms with van der Waals surface area (Å²) in [5.41, 5.74) is 5.62. The lowest BCUT2D eigenvalue weighted by atomic mass is 9.58. The van der Waals surface area contributed by atoms with E-state index >= 15 is 0 Å². The second-order valence-electron chi connectivity index (χ2n) is 10.0. The molecular weight excluding hydrogens is 414 g/mol. The van der Waals surface area contributed by atoms with Gasteiger partial charge in [0.2, 0.25) is 0 Å². The summed E-state index contributed by atoms with van der Waals surface area (Å²) in [7, 11) is 3.46. The maximum Gasteiger partial charge on any atom is 0.159 e. The number of aryl methyl sites for hydroxylation is 1. The van der Waals surface area contributed by atoms with Crippen LogP contribution in [0.4, 0.5) is 5.69 Å². The van der Waals surface area contributed by atoms with E-state index in [0.29, 0.717) is 17.6 Å². The zero-order chi connectivity index (χ0) is 22.8. The number of piperidine rings is 1. The molecule has 2 aliphatic heterocycles. The van der Waals surface area contributed by atoms with E-state index in [9.17, 15) is 5.11 Å². The molecule has 1 atom stereocenters. The van der Waals surface area contributed by atoms with Crippen LogP contribution in [0.2, 0.25) is 0 Å². The fourth-order valence-corrected chi connectivity index (χ4v) is 6.59. The lowest BCUT2D eigenvalue weighted by molar-refractivity contribution is -0.141. The standard InChI is InChI=1S/C28H37NO4/c1-31-27(32-2)21-10-15-29(16-11-21)23-5-3-20(4-6-23)26-25-8-7-24(30)19-22(25)9-12-28(26)13-17-33-18-14-28/h3-8,19,21,26-27,30H,9-18H2,1-2H3/t26-/m1/s1. The molecule has 0 unspecified atom stereocenters. The molecule has 0 saturated carbocycles. The Labute approximate surface area is 197 Å². The summed E-state index contributed by atoms with van der Waals surface area (Å²) in [6.07, 6.45) is 6.47. The van der Waals surface area contributed by atoms with Crippen LogP contribution in [0.3, 0.4) is 0 Å². The molecule has 2 aromatic rings. The number of phenolic OH excluding ortho intramolecular Hbond substituents is 1. The smallest absolute Gasteiger partial charge is 0.159 e. The van der Waals surface area contributed by atoms with Crippen molar-refractivity contribution in [2.75, 3.05) is 45.4 Å². The Morgan fingerprint density at radius 2 is 1.67 bits per heavy atom. The highest BCUT2D eigenvalue weighted by Gasteiger charge is 2.45. The third-order valence-corrected chi connectivity index (χ3v) is 8.41. The van der Waals surface area contributed by atoms with Gasteiger partial charge in [0.1, 0.15) is 5.75 Å². The summed E-state index contributed by atoms with van der Waals surface area (Å²) < 4.78 is 16.7. The molecule has 0 bridgehead atoms. The van der Waals surface area contributed by atoms with Crippen molar-refractivity contribution in [3.8, 4) is 5.75 Å². The number of ether oxygens (including phenoxy) is 3. The summed E-state index contributed by atoms with van der Waals surface area (Å²) >= 11 is 0. The Morgan fingerprint density at radius 1 is 0.970 bits per heavy atom. The van der Waals surface area contributed by atoms with Gasteiger partial charge in [-0.05, 0) is 84.9 Å². The van der Waals surface area contributed by atoms with Crippen LogP contribution in [0.1, 0.15) is 54.7 Å². The normalized spacial score (nSPS) is 23.1. The first-order chi connectivity index (χ1) is 16.1. The molecule has 2 fully saturated rings. The molecule has 5 rings (SSSR count). The molecule has 33 heavy (non-hydrogen) atoms. The third kappa shape index (κ3) is 4.39. The van der Waals surface area contributed by atoms with Crippen molar-refractivity contribution in [1.29, 1.82) is 0 Å². The average Bonchev–Trinajstić information content (AvgIpc) is 2.86. The Hall–Kier alpha value is -2.08. The summed E-state index contributed by atoms with van der Waals surface area (Å²) in [5.74, 6) is 1.19. The van der Waals surface area contributed by atoms with Gasteiger partial charge in [-0.15, -0.1) is 0 Å². The van der Waals surface area contributed by atoms with Crippen LogP contribution in [0.25, 0.3) is 0 Å². The van der Waals surface area contributed by atoms with Crippen LogP contribution < -0.4 is 4.90 Å². The van der Waals surface area contributed by atoms with E-state index in [0.717, 1.165) is 64.8 Å². The lowest BCUT2D eigenvalue weighted by Gasteiger charge is -2.48. The molecule has 3 aliphatic rings. The van der Waals surface area contributed by atoms with E-state index in [1.807, 2.05) is 12.1 Å². The first kappa shape index (κ1) is 22.7. The van der Waals surface area contributed by atoms with Gasteiger partial charge < -0.3 is 24.2 Å². The molecule has 1 N–H and O–H groups in total. The first-order valence-electron chi connectivity index (χ1n) is 12.4. The molecule has 0 radical (unpaired) electrons. The summed E-state index contributed by atoms with van der Waals surface area (Å²) in [6.45, 7) is 3.75. The maximum atomic E-state index is 10.1. The van der Waals surface area contributed by atoms with Crippen LogP contribution >= 0.6 is 0 Å². The first-order valence-corrected chi connectivity index (χ1v) is 12.4. The van der Waals surface area contributed by atoms with Gasteiger partial charge in [-0.25, -0.2) is 0 Å². The van der Waals surface area contributed by atoms with Crippen molar-refractivity contribution in [1.82, 2.24) is 0 Å². The van der Waals surface area contributed by atoms with Crippen LogP contribution in [0, 0.1) is 11.3 Å². The summed E-state index contributed by atoms with van der Waals surface area (Å²) in [5, 5.41) is 10.1. The van der Waals surface area contributed by atoms with Gasteiger partial charge in [-0.1, -0.05) is 18.2 Å². The molecule has 1 spiro atoms. The zero-order valence-electron chi connectivity index (χ0n) is 20.0. The van der Waals surface area contributed by atoms with Crippen molar-refractivity contribution >= 4 is 5.69 Å². The molecule has 1 aliphatic carbocycles. The van der Waals surface area contributed by atoms with Gasteiger partial charge in [0, 0.05) is 58.0 Å². The van der Waals surface area contributed by atoms with Crippen molar-refractivity contribution < 1.29 is 19.3 Å². The van der Waals surface area contributed by atoms with Crippen LogP contribution in [0.5, 0.6) is 5.75 Å². The van der Waals surface area contributed by atoms with Crippen molar-refractivity contribution in [2.24, 2.45) is 11.3 Å². The minimum absolute atomic E-state index is 0.101. The van der Waals surface area contributed by atoms with Crippen LogP contribution in [0.15, 0.2) is 42.5 Å². The number of nitrogens with zero attached hydrogens (tertiary/aromatic N) is 1. The molecule has 5 heteroatoms. The van der Waals surface area contributed by atoms with Gasteiger partial charge in [0.15, 0.2) is 6.29 Å². The number of methoxy groups -OCH3 is 2. The van der Waals surface area contributed by atoms with Gasteiger partial charge in [0.25, 0.3) is 0 Å². The summed E-state index contributed by atoms with van der Waals surface area (Å²) in [6, 6.07) is 15.3. The minimum atomic E-state index is -0.101. The predicted molar refractivity (Wildman–Crippen MR) is 130 cm³/mol. The lowest BCUT2D eigenvalue weighted by Crippen LogP contribution is -2.40. The monoisotopic (exact) mass is 451 g/mol. The second-order valence-corrected chi connectivity index (χ2v) is 10.0. The average molecular weight is 452 g/mol. The van der Waals surface area contributed by atoms with E-state index in [1.165, 1.54) is 22.4 Å². The highest BCUT2D eigenvalue weighted by atomic mass is 16.7. The SMILES string of the molecule is COC(OC)C1CCN(c2ccc([C@@H]3c4ccc(O)cc4CCC34CCOCC4)cc2)CC1. The molecule has 2 aromatic carbocycles. The number of aromatic hydroxyl groups is 1. The van der Waals surface area contributed by atoms with Gasteiger partial charge in [-0.2, -0.15) is 0 Å². The number of hydrogen-bond donors (Lipinski definition) is 1. The molecule has 178 valence electrons. The minimum Gasteiger partial charge on any atom is -0.508 e. The number of hydrogen-bond acceptors (Lipinski definition) is 5. The van der Waals surface area contributed by atoms with E-state index in [4.69, 9.17) is 14.2 Å². The topological polar surface area (TPSA) is 51.2 Å². The maximum absolute atomic E-state index is 10.1. The van der Waals surface area contributed by atoms with Gasteiger partial charge in [0.05, 0.1) is 0 Å². The largest absolute Gasteiger partial charge is 0.508 e. The van der Waals surface area contributed by atoms with E-state index < -0.39 is 0 Å². The number of benzene rings is 2. The van der Waals surface area contributed by atoms with E-state index in [-0.39, 0.29) is 11.7 Å². The highest BCUT2D eigenvalue weighted by molar-refractivity contribution is 5.52. The Kier molecular flexibility index (Phi) is 6.64. The zero-order valence-corrected chi connectivity index (χ0v) is 20.0. The van der Waals surface area contributed by atoms with Crippen molar-refractivity contribution in [2.45, 2.75) is 50.7 Å². The third-order valence-electron chi connectivity index (χ3n) is 8.41. The fraction of sp³-hybridized carbons (Fsp3) is 0.571. The van der Waals surface area contributed by atoms with Gasteiger partial charge >= 0.3 is 0 Å². The second kappa shape index (κ2) is 9.65. The Balaban J connectivity index is 1.38. The van der Waals surface area contributed by atoms with E-state index in [2.05, 4.69) is 35.2 Å². The number of phenols is 1. The number of anilines is 1. The predicted octanol–water partition coefficient (Wildman–Crippen LogP) is 5.10. The molecule has 2 heterocycles. The van der Waals surface area contributed by atoms with Crippen molar-refractivity contribution in [3.05, 3.63) is 59.2 Å². The van der Waals surface area contributed by atoms with Crippen LogP contribution in [-0.4, -0.2) is 51.9 Å². The molecule has 5 nitrogen and oxygen atoms in total. The number of rotatable bonds is 5. The van der Waals surface area contributed by atoms with Gasteiger partial charge in [-0.3, -0.25) is 0 Å². The fourth-order valence-electron chi connectivity index (χ4n) is 6.59. The summed E-state index contributed by atoms with van der Waals surface area (Å²) in [4.78, 5) is 2.49. The quantitative estimate of drug-likeness (QED) is 0.641. The molecule has 2 saturated heterocycles. The van der Waals surface area contributed by atoms with Crippen molar-refractivity contribution in [3.63, 3.8) is 0 Å². The molecule has 0 amide bonds. The molecule has 0 aromatic heterocycles. The van der Waals surface area contributed by atoms with Crippen LogP contribution in [-0.2, 0) is 20.6 Å².